The molecule has 0 aliphatic carbocycles. The Kier molecular flexibility index (Phi) is 3.09. The van der Waals surface area contributed by atoms with Crippen LogP contribution in [0.25, 0.3) is 10.9 Å². The van der Waals surface area contributed by atoms with E-state index < -0.39 is 17.2 Å². The zero-order valence-electron chi connectivity index (χ0n) is 9.41. The standard InChI is InChI=1S/C12H9ClFNO3/c1-2-15-5-7(12(17)18)11(16)6-3-4-8(14)9(13)10(6)15/h3-5H,2H2,1H3,(H,17,18). The van der Waals surface area contributed by atoms with Gasteiger partial charge in [-0.15, -0.1) is 0 Å². The molecule has 0 aliphatic rings. The maximum Gasteiger partial charge on any atom is 0.341 e. The lowest BCUT2D eigenvalue weighted by atomic mass is 10.1. The Bertz CT molecular complexity index is 709. The number of carbonyl (C=O) groups is 1. The SMILES string of the molecule is CCn1cc(C(=O)O)c(=O)c2ccc(F)c(Cl)c21. The Labute approximate surface area is 106 Å². The molecule has 94 valence electrons. The van der Waals surface area contributed by atoms with Crippen molar-refractivity contribution in [1.29, 1.82) is 0 Å². The lowest BCUT2D eigenvalue weighted by Crippen LogP contribution is -2.19. The van der Waals surface area contributed by atoms with Crippen LogP contribution in [0.5, 0.6) is 0 Å². The molecule has 0 aliphatic heterocycles. The average molecular weight is 270 g/mol. The number of halogens is 2. The van der Waals surface area contributed by atoms with Crippen LogP contribution in [0.1, 0.15) is 17.3 Å². The van der Waals surface area contributed by atoms with Gasteiger partial charge in [-0.1, -0.05) is 11.6 Å². The summed E-state index contributed by atoms with van der Waals surface area (Å²) in [5.41, 5.74) is -0.801. The minimum Gasteiger partial charge on any atom is -0.477 e. The number of carboxylic acid groups (broad SMARTS) is 1. The van der Waals surface area contributed by atoms with E-state index in [1.165, 1.54) is 16.8 Å². The third-order valence-corrected chi connectivity index (χ3v) is 3.06. The normalized spacial score (nSPS) is 10.8. The van der Waals surface area contributed by atoms with E-state index in [9.17, 15) is 14.0 Å². The molecule has 0 saturated heterocycles. The monoisotopic (exact) mass is 269 g/mol. The summed E-state index contributed by atoms with van der Waals surface area (Å²) in [6.45, 7) is 2.12. The van der Waals surface area contributed by atoms with Gasteiger partial charge in [0, 0.05) is 18.1 Å². The van der Waals surface area contributed by atoms with Gasteiger partial charge in [0.2, 0.25) is 5.43 Å². The van der Waals surface area contributed by atoms with E-state index in [1.807, 2.05) is 0 Å². The minimum absolute atomic E-state index is 0.100. The summed E-state index contributed by atoms with van der Waals surface area (Å²) in [5.74, 6) is -1.96. The van der Waals surface area contributed by atoms with E-state index in [4.69, 9.17) is 16.7 Å². The molecular weight excluding hydrogens is 261 g/mol. The quantitative estimate of drug-likeness (QED) is 0.911. The van der Waals surface area contributed by atoms with Gasteiger partial charge in [-0.05, 0) is 19.1 Å². The number of hydrogen-bond donors (Lipinski definition) is 1. The van der Waals surface area contributed by atoms with Crippen LogP contribution < -0.4 is 5.43 Å². The van der Waals surface area contributed by atoms with E-state index in [2.05, 4.69) is 0 Å². The Morgan fingerprint density at radius 2 is 2.17 bits per heavy atom. The van der Waals surface area contributed by atoms with Crippen molar-refractivity contribution in [2.75, 3.05) is 0 Å². The minimum atomic E-state index is -1.32. The molecule has 0 bridgehead atoms. The molecule has 4 nitrogen and oxygen atoms in total. The fourth-order valence-electron chi connectivity index (χ4n) is 1.83. The van der Waals surface area contributed by atoms with E-state index in [0.29, 0.717) is 6.54 Å². The van der Waals surface area contributed by atoms with E-state index in [0.717, 1.165) is 6.07 Å². The number of aryl methyl sites for hydroxylation is 1. The molecule has 18 heavy (non-hydrogen) atoms. The highest BCUT2D eigenvalue weighted by atomic mass is 35.5. The average Bonchev–Trinajstić information content (AvgIpc) is 2.34. The largest absolute Gasteiger partial charge is 0.477 e. The lowest BCUT2D eigenvalue weighted by Gasteiger charge is -2.11. The van der Waals surface area contributed by atoms with Crippen molar-refractivity contribution in [3.05, 3.63) is 45.0 Å². The molecule has 0 radical (unpaired) electrons. The van der Waals surface area contributed by atoms with Crippen molar-refractivity contribution in [1.82, 2.24) is 4.57 Å². The fourth-order valence-corrected chi connectivity index (χ4v) is 2.10. The molecule has 0 saturated carbocycles. The summed E-state index contributed by atoms with van der Waals surface area (Å²) >= 11 is 5.83. The second-order valence-electron chi connectivity index (χ2n) is 3.72. The molecule has 2 rings (SSSR count). The molecule has 0 amide bonds. The summed E-state index contributed by atoms with van der Waals surface area (Å²) < 4.78 is 14.8. The molecule has 0 spiro atoms. The van der Waals surface area contributed by atoms with Crippen molar-refractivity contribution in [3.8, 4) is 0 Å². The van der Waals surface area contributed by atoms with E-state index >= 15 is 0 Å². The van der Waals surface area contributed by atoms with Gasteiger partial charge in [0.15, 0.2) is 0 Å². The molecule has 1 heterocycles. The van der Waals surface area contributed by atoms with Crippen molar-refractivity contribution in [2.24, 2.45) is 0 Å². The van der Waals surface area contributed by atoms with Crippen LogP contribution in [-0.2, 0) is 6.54 Å². The number of nitrogens with zero attached hydrogens (tertiary/aromatic N) is 1. The molecule has 1 aromatic heterocycles. The maximum atomic E-state index is 13.4. The van der Waals surface area contributed by atoms with Gasteiger partial charge in [-0.3, -0.25) is 4.79 Å². The predicted octanol–water partition coefficient (Wildman–Crippen LogP) is 2.51. The summed E-state index contributed by atoms with van der Waals surface area (Å²) in [7, 11) is 0. The zero-order valence-corrected chi connectivity index (χ0v) is 10.2. The first-order valence-electron chi connectivity index (χ1n) is 5.21. The Hall–Kier alpha value is -1.88. The molecule has 0 atom stereocenters. The number of aromatic nitrogens is 1. The molecule has 1 aromatic carbocycles. The highest BCUT2D eigenvalue weighted by Crippen LogP contribution is 2.25. The van der Waals surface area contributed by atoms with E-state index in [1.54, 1.807) is 6.92 Å². The topological polar surface area (TPSA) is 59.3 Å². The molecule has 0 unspecified atom stereocenters. The van der Waals surface area contributed by atoms with Crippen LogP contribution in [0.2, 0.25) is 5.02 Å². The first-order chi connectivity index (χ1) is 8.47. The van der Waals surface area contributed by atoms with Gasteiger partial charge in [-0.2, -0.15) is 0 Å². The number of rotatable bonds is 2. The van der Waals surface area contributed by atoms with Crippen molar-refractivity contribution in [2.45, 2.75) is 13.5 Å². The van der Waals surface area contributed by atoms with Gasteiger partial charge in [0.05, 0.1) is 5.52 Å². The third-order valence-electron chi connectivity index (χ3n) is 2.70. The fraction of sp³-hybridized carbons (Fsp3) is 0.167. The number of carboxylic acids is 1. The summed E-state index contributed by atoms with van der Waals surface area (Å²) in [6.07, 6.45) is 1.18. The highest BCUT2D eigenvalue weighted by Gasteiger charge is 2.17. The summed E-state index contributed by atoms with van der Waals surface area (Å²) in [5, 5.41) is 8.87. The third kappa shape index (κ3) is 1.76. The molecule has 2 aromatic rings. The Morgan fingerprint density at radius 1 is 1.50 bits per heavy atom. The van der Waals surface area contributed by atoms with Gasteiger partial charge in [0.25, 0.3) is 0 Å². The number of fused-ring (bicyclic) bond motifs is 1. The van der Waals surface area contributed by atoms with Gasteiger partial charge < -0.3 is 9.67 Å². The van der Waals surface area contributed by atoms with Crippen LogP contribution in [0.15, 0.2) is 23.1 Å². The van der Waals surface area contributed by atoms with Gasteiger partial charge in [0.1, 0.15) is 16.4 Å². The van der Waals surface area contributed by atoms with Crippen LogP contribution in [0, 0.1) is 5.82 Å². The Morgan fingerprint density at radius 3 is 2.72 bits per heavy atom. The molecular formula is C12H9ClFNO3. The van der Waals surface area contributed by atoms with Crippen molar-refractivity contribution >= 4 is 28.5 Å². The summed E-state index contributed by atoms with van der Waals surface area (Å²) in [4.78, 5) is 22.9. The lowest BCUT2D eigenvalue weighted by molar-refractivity contribution is 0.0695. The first-order valence-corrected chi connectivity index (χ1v) is 5.59. The summed E-state index contributed by atoms with van der Waals surface area (Å²) in [6, 6.07) is 2.30. The number of benzene rings is 1. The van der Waals surface area contributed by atoms with Gasteiger partial charge in [-0.25, -0.2) is 9.18 Å². The highest BCUT2D eigenvalue weighted by molar-refractivity contribution is 6.35. The molecule has 6 heteroatoms. The second-order valence-corrected chi connectivity index (χ2v) is 4.10. The van der Waals surface area contributed by atoms with E-state index in [-0.39, 0.29) is 21.5 Å². The second kappa shape index (κ2) is 4.42. The van der Waals surface area contributed by atoms with Crippen LogP contribution >= 0.6 is 11.6 Å². The molecule has 0 fully saturated rings. The smallest absolute Gasteiger partial charge is 0.341 e. The van der Waals surface area contributed by atoms with Crippen molar-refractivity contribution < 1.29 is 14.3 Å². The number of hydrogen-bond acceptors (Lipinski definition) is 2. The zero-order chi connectivity index (χ0) is 13.4. The maximum absolute atomic E-state index is 13.4. The number of pyridine rings is 1. The predicted molar refractivity (Wildman–Crippen MR) is 65.8 cm³/mol. The van der Waals surface area contributed by atoms with Crippen molar-refractivity contribution in [3.63, 3.8) is 0 Å². The van der Waals surface area contributed by atoms with Crippen LogP contribution in [-0.4, -0.2) is 15.6 Å². The first kappa shape index (κ1) is 12.6. The Balaban J connectivity index is 3.03. The van der Waals surface area contributed by atoms with Gasteiger partial charge >= 0.3 is 5.97 Å². The molecule has 1 N–H and O–H groups in total. The van der Waals surface area contributed by atoms with Crippen LogP contribution in [0.3, 0.4) is 0 Å². The number of aromatic carboxylic acids is 1. The van der Waals surface area contributed by atoms with Crippen LogP contribution in [0.4, 0.5) is 4.39 Å².